The van der Waals surface area contributed by atoms with Crippen LogP contribution < -0.4 is 0 Å². The molecule has 84 valence electrons. The standard InChI is InChI=1S/C8H12N2O5/c1-3-10-7(12)8(13,14)5(9-10)6(11)15-4-2/h13-14H,3-4H2,1-2H3. The Labute approximate surface area is 85.9 Å². The second-order valence-corrected chi connectivity index (χ2v) is 2.86. The van der Waals surface area contributed by atoms with E-state index < -0.39 is 23.4 Å². The highest BCUT2D eigenvalue weighted by Gasteiger charge is 2.52. The molecule has 0 unspecified atom stereocenters. The summed E-state index contributed by atoms with van der Waals surface area (Å²) < 4.78 is 4.53. The maximum absolute atomic E-state index is 11.3. The van der Waals surface area contributed by atoms with Crippen molar-refractivity contribution in [3.05, 3.63) is 0 Å². The first-order valence-corrected chi connectivity index (χ1v) is 4.48. The molecule has 0 atom stereocenters. The Kier molecular flexibility index (Phi) is 3.06. The molecule has 7 heteroatoms. The maximum atomic E-state index is 11.3. The molecule has 0 aromatic rings. The molecule has 1 aliphatic rings. The first kappa shape index (κ1) is 11.6. The molecule has 0 aliphatic carbocycles. The minimum atomic E-state index is -2.87. The van der Waals surface area contributed by atoms with E-state index in [9.17, 15) is 19.8 Å². The van der Waals surface area contributed by atoms with E-state index in [1.807, 2.05) is 0 Å². The van der Waals surface area contributed by atoms with Crippen molar-refractivity contribution in [3.8, 4) is 0 Å². The van der Waals surface area contributed by atoms with Crippen molar-refractivity contribution in [2.75, 3.05) is 13.2 Å². The minimum Gasteiger partial charge on any atom is -0.461 e. The summed E-state index contributed by atoms with van der Waals surface area (Å²) in [7, 11) is 0. The molecule has 0 saturated carbocycles. The Morgan fingerprint density at radius 2 is 2.13 bits per heavy atom. The van der Waals surface area contributed by atoms with Crippen LogP contribution >= 0.6 is 0 Å². The van der Waals surface area contributed by atoms with Crippen molar-refractivity contribution in [2.24, 2.45) is 5.10 Å². The van der Waals surface area contributed by atoms with Gasteiger partial charge in [-0.25, -0.2) is 9.80 Å². The third-order valence-corrected chi connectivity index (χ3v) is 1.85. The lowest BCUT2D eigenvalue weighted by atomic mass is 10.1. The molecule has 0 spiro atoms. The molecule has 2 N–H and O–H groups in total. The zero-order chi connectivity index (χ0) is 11.6. The van der Waals surface area contributed by atoms with Crippen LogP contribution in [-0.4, -0.2) is 51.7 Å². The zero-order valence-electron chi connectivity index (χ0n) is 8.43. The number of hydrogen-bond donors (Lipinski definition) is 2. The molecule has 1 amide bonds. The highest BCUT2D eigenvalue weighted by Crippen LogP contribution is 2.18. The zero-order valence-corrected chi connectivity index (χ0v) is 8.43. The summed E-state index contributed by atoms with van der Waals surface area (Å²) in [5.41, 5.74) is -0.698. The van der Waals surface area contributed by atoms with Gasteiger partial charge in [0.25, 0.3) is 0 Å². The average Bonchev–Trinajstić information content (AvgIpc) is 2.39. The van der Waals surface area contributed by atoms with Crippen LogP contribution in [0.1, 0.15) is 13.8 Å². The lowest BCUT2D eigenvalue weighted by molar-refractivity contribution is -0.170. The van der Waals surface area contributed by atoms with E-state index in [-0.39, 0.29) is 13.2 Å². The highest BCUT2D eigenvalue weighted by molar-refractivity contribution is 6.45. The van der Waals surface area contributed by atoms with Crippen LogP contribution in [0.3, 0.4) is 0 Å². The Bertz CT molecular complexity index is 323. The number of ether oxygens (including phenoxy) is 1. The first-order valence-electron chi connectivity index (χ1n) is 4.48. The van der Waals surface area contributed by atoms with E-state index in [2.05, 4.69) is 9.84 Å². The van der Waals surface area contributed by atoms with Crippen LogP contribution in [0, 0.1) is 0 Å². The lowest BCUT2D eigenvalue weighted by Crippen LogP contribution is -2.49. The van der Waals surface area contributed by atoms with Gasteiger partial charge in [-0.05, 0) is 13.8 Å². The largest absolute Gasteiger partial charge is 0.461 e. The fourth-order valence-electron chi connectivity index (χ4n) is 1.11. The van der Waals surface area contributed by atoms with E-state index in [0.717, 1.165) is 5.01 Å². The molecular weight excluding hydrogens is 204 g/mol. The molecule has 0 radical (unpaired) electrons. The van der Waals surface area contributed by atoms with E-state index in [0.29, 0.717) is 0 Å². The number of nitrogens with zero attached hydrogens (tertiary/aromatic N) is 2. The van der Waals surface area contributed by atoms with Crippen molar-refractivity contribution in [1.29, 1.82) is 0 Å². The Morgan fingerprint density at radius 3 is 2.53 bits per heavy atom. The van der Waals surface area contributed by atoms with Crippen molar-refractivity contribution >= 4 is 17.6 Å². The number of carbonyl (C=O) groups is 2. The van der Waals surface area contributed by atoms with Crippen LogP contribution in [-0.2, 0) is 14.3 Å². The number of aliphatic hydroxyl groups is 2. The van der Waals surface area contributed by atoms with E-state index in [1.54, 1.807) is 13.8 Å². The topological polar surface area (TPSA) is 99.4 Å². The monoisotopic (exact) mass is 216 g/mol. The highest BCUT2D eigenvalue weighted by atomic mass is 16.6. The molecule has 0 bridgehead atoms. The molecule has 1 rings (SSSR count). The summed E-state index contributed by atoms with van der Waals surface area (Å²) in [6.45, 7) is 3.35. The van der Waals surface area contributed by atoms with Gasteiger partial charge in [-0.15, -0.1) is 0 Å². The van der Waals surface area contributed by atoms with Crippen LogP contribution in [0.2, 0.25) is 0 Å². The van der Waals surface area contributed by atoms with Crippen LogP contribution in [0.25, 0.3) is 0 Å². The quantitative estimate of drug-likeness (QED) is 0.439. The maximum Gasteiger partial charge on any atom is 0.360 e. The van der Waals surface area contributed by atoms with Gasteiger partial charge in [0.05, 0.1) is 6.61 Å². The number of likely N-dealkylation sites (N-methyl/N-ethyl adjacent to an activating group) is 1. The molecule has 0 fully saturated rings. The number of esters is 1. The van der Waals surface area contributed by atoms with Crippen molar-refractivity contribution < 1.29 is 24.5 Å². The summed E-state index contributed by atoms with van der Waals surface area (Å²) in [6.07, 6.45) is 0. The molecule has 0 saturated heterocycles. The Balaban J connectivity index is 2.97. The minimum absolute atomic E-state index is 0.0637. The second-order valence-electron chi connectivity index (χ2n) is 2.86. The molecule has 0 aromatic carbocycles. The molecule has 1 heterocycles. The SMILES string of the molecule is CCOC(=O)C1=NN(CC)C(=O)C1(O)O. The van der Waals surface area contributed by atoms with Crippen molar-refractivity contribution in [3.63, 3.8) is 0 Å². The predicted octanol–water partition coefficient (Wildman–Crippen LogP) is -1.55. The van der Waals surface area contributed by atoms with Crippen molar-refractivity contribution in [1.82, 2.24) is 5.01 Å². The fraction of sp³-hybridized carbons (Fsp3) is 0.625. The molecule has 15 heavy (non-hydrogen) atoms. The lowest BCUT2D eigenvalue weighted by Gasteiger charge is -2.14. The number of hydrazone groups is 1. The van der Waals surface area contributed by atoms with Gasteiger partial charge in [-0.2, -0.15) is 5.10 Å². The van der Waals surface area contributed by atoms with Crippen LogP contribution in [0.4, 0.5) is 0 Å². The summed E-state index contributed by atoms with van der Waals surface area (Å²) >= 11 is 0. The number of hydrogen-bond acceptors (Lipinski definition) is 6. The smallest absolute Gasteiger partial charge is 0.360 e. The average molecular weight is 216 g/mol. The normalized spacial score (nSPS) is 19.1. The van der Waals surface area contributed by atoms with Gasteiger partial charge in [0.2, 0.25) is 5.71 Å². The second kappa shape index (κ2) is 3.95. The molecule has 7 nitrogen and oxygen atoms in total. The third-order valence-electron chi connectivity index (χ3n) is 1.85. The molecule has 1 aliphatic heterocycles. The van der Waals surface area contributed by atoms with Gasteiger partial charge in [0.15, 0.2) is 0 Å². The molecular formula is C8H12N2O5. The first-order chi connectivity index (χ1) is 6.95. The predicted molar refractivity (Wildman–Crippen MR) is 48.6 cm³/mol. The van der Waals surface area contributed by atoms with Gasteiger partial charge >= 0.3 is 17.7 Å². The van der Waals surface area contributed by atoms with Gasteiger partial charge in [-0.3, -0.25) is 4.79 Å². The van der Waals surface area contributed by atoms with E-state index in [4.69, 9.17) is 0 Å². The fourth-order valence-corrected chi connectivity index (χ4v) is 1.11. The van der Waals surface area contributed by atoms with Gasteiger partial charge in [0, 0.05) is 6.54 Å². The Hall–Kier alpha value is -1.47. The number of amides is 1. The van der Waals surface area contributed by atoms with Crippen LogP contribution in [0.15, 0.2) is 5.10 Å². The summed E-state index contributed by atoms with van der Waals surface area (Å²) in [5, 5.41) is 23.0. The number of carbonyl (C=O) groups excluding carboxylic acids is 2. The summed E-state index contributed by atoms with van der Waals surface area (Å²) in [4.78, 5) is 22.5. The van der Waals surface area contributed by atoms with E-state index >= 15 is 0 Å². The van der Waals surface area contributed by atoms with E-state index in [1.165, 1.54) is 0 Å². The summed E-state index contributed by atoms with van der Waals surface area (Å²) in [6, 6.07) is 0. The van der Waals surface area contributed by atoms with Gasteiger partial charge in [-0.1, -0.05) is 0 Å². The van der Waals surface area contributed by atoms with Crippen LogP contribution in [0.5, 0.6) is 0 Å². The van der Waals surface area contributed by atoms with Crippen molar-refractivity contribution in [2.45, 2.75) is 19.6 Å². The summed E-state index contributed by atoms with van der Waals surface area (Å²) in [5.74, 6) is -4.93. The van der Waals surface area contributed by atoms with Gasteiger partial charge < -0.3 is 14.9 Å². The van der Waals surface area contributed by atoms with Gasteiger partial charge in [0.1, 0.15) is 0 Å². The third kappa shape index (κ3) is 1.83. The Morgan fingerprint density at radius 1 is 1.53 bits per heavy atom. The molecule has 0 aromatic heterocycles. The number of rotatable bonds is 3.